The number of carboxylic acid groups (broad SMARTS) is 1. The van der Waals surface area contributed by atoms with Crippen LogP contribution in [0.3, 0.4) is 0 Å². The van der Waals surface area contributed by atoms with Gasteiger partial charge in [-0.1, -0.05) is 16.8 Å². The van der Waals surface area contributed by atoms with E-state index in [-0.39, 0.29) is 5.92 Å². The number of piperidine rings is 1. The number of ether oxygens (including phenoxy) is 1. The van der Waals surface area contributed by atoms with Crippen molar-refractivity contribution in [2.24, 2.45) is 11.8 Å². The molecule has 1 N–H and O–H groups in total. The smallest absolute Gasteiger partial charge is 0.307 e. The minimum Gasteiger partial charge on any atom is -0.481 e. The summed E-state index contributed by atoms with van der Waals surface area (Å²) in [7, 11) is 0. The third-order valence-corrected chi connectivity index (χ3v) is 7.04. The standard InChI is InChI=1S/C22H23BrClN5O3/c23-19-18(6-5-17-20(19)26-27-29(17)10-13-3-4-13)32-21-15(8-16(24)9-25-21)12-28-7-1-2-14(11-28)22(30)31/h5-6,8-9,13-14H,1-4,7,10-12H2,(H,30,31). The van der Waals surface area contributed by atoms with Crippen LogP contribution in [-0.4, -0.2) is 49.0 Å². The van der Waals surface area contributed by atoms with Crippen LogP contribution >= 0.6 is 27.5 Å². The molecule has 1 saturated carbocycles. The predicted molar refractivity (Wildman–Crippen MR) is 123 cm³/mol. The number of fused-ring (bicyclic) bond motifs is 1. The Bertz CT molecular complexity index is 1170. The fourth-order valence-electron chi connectivity index (χ4n) is 4.16. The third kappa shape index (κ3) is 4.60. The van der Waals surface area contributed by atoms with Crippen molar-refractivity contribution in [1.29, 1.82) is 0 Å². The first kappa shape index (κ1) is 21.6. The van der Waals surface area contributed by atoms with Gasteiger partial charge in [0, 0.05) is 31.4 Å². The van der Waals surface area contributed by atoms with Gasteiger partial charge in [0.2, 0.25) is 5.88 Å². The van der Waals surface area contributed by atoms with E-state index in [4.69, 9.17) is 16.3 Å². The maximum atomic E-state index is 11.4. The van der Waals surface area contributed by atoms with E-state index >= 15 is 0 Å². The first-order chi connectivity index (χ1) is 15.5. The first-order valence-corrected chi connectivity index (χ1v) is 11.9. The minimum atomic E-state index is -0.748. The Morgan fingerprint density at radius 3 is 2.94 bits per heavy atom. The highest BCUT2D eigenvalue weighted by Gasteiger charge is 2.27. The predicted octanol–water partition coefficient (Wildman–Crippen LogP) is 4.74. The number of pyridine rings is 1. The Balaban J connectivity index is 1.39. The quantitative estimate of drug-likeness (QED) is 0.481. The van der Waals surface area contributed by atoms with Crippen LogP contribution in [0, 0.1) is 11.8 Å². The summed E-state index contributed by atoms with van der Waals surface area (Å²) in [6.07, 6.45) is 5.60. The second kappa shape index (κ2) is 8.96. The summed E-state index contributed by atoms with van der Waals surface area (Å²) in [5.41, 5.74) is 2.53. The monoisotopic (exact) mass is 519 g/mol. The molecule has 2 fully saturated rings. The summed E-state index contributed by atoms with van der Waals surface area (Å²) in [6, 6.07) is 5.68. The van der Waals surface area contributed by atoms with Gasteiger partial charge in [-0.15, -0.1) is 5.10 Å². The van der Waals surface area contributed by atoms with Crippen molar-refractivity contribution in [2.45, 2.75) is 38.8 Å². The van der Waals surface area contributed by atoms with E-state index in [2.05, 4.69) is 36.1 Å². The van der Waals surface area contributed by atoms with Crippen molar-refractivity contribution in [1.82, 2.24) is 24.9 Å². The Labute approximate surface area is 198 Å². The van der Waals surface area contributed by atoms with Gasteiger partial charge in [-0.3, -0.25) is 9.69 Å². The lowest BCUT2D eigenvalue weighted by Crippen LogP contribution is -2.38. The number of likely N-dealkylation sites (tertiary alicyclic amines) is 1. The van der Waals surface area contributed by atoms with Gasteiger partial charge in [0.15, 0.2) is 0 Å². The molecule has 0 bridgehead atoms. The summed E-state index contributed by atoms with van der Waals surface area (Å²) in [6.45, 7) is 2.74. The van der Waals surface area contributed by atoms with Crippen molar-refractivity contribution in [3.63, 3.8) is 0 Å². The molecule has 0 amide bonds. The summed E-state index contributed by atoms with van der Waals surface area (Å²) in [4.78, 5) is 17.9. The molecule has 5 rings (SSSR count). The normalized spacial score (nSPS) is 19.4. The number of rotatable bonds is 7. The van der Waals surface area contributed by atoms with Gasteiger partial charge in [0.1, 0.15) is 11.3 Å². The number of aliphatic carboxylic acids is 1. The van der Waals surface area contributed by atoms with Crippen LogP contribution in [0.4, 0.5) is 0 Å². The molecule has 8 nitrogen and oxygen atoms in total. The zero-order chi connectivity index (χ0) is 22.2. The molecule has 2 aliphatic rings. The topological polar surface area (TPSA) is 93.4 Å². The molecular formula is C22H23BrClN5O3. The Hall–Kier alpha value is -2.23. The van der Waals surface area contributed by atoms with Gasteiger partial charge in [-0.2, -0.15) is 0 Å². The molecule has 32 heavy (non-hydrogen) atoms. The average molecular weight is 521 g/mol. The molecule has 2 aromatic heterocycles. The molecule has 3 heterocycles. The van der Waals surface area contributed by atoms with E-state index < -0.39 is 5.97 Å². The number of hydrogen-bond acceptors (Lipinski definition) is 6. The molecule has 1 aliphatic heterocycles. The van der Waals surface area contributed by atoms with E-state index in [0.717, 1.165) is 40.6 Å². The van der Waals surface area contributed by atoms with E-state index in [1.165, 1.54) is 12.8 Å². The highest BCUT2D eigenvalue weighted by Crippen LogP contribution is 2.37. The SMILES string of the molecule is O=C(O)C1CCCN(Cc2cc(Cl)cnc2Oc2ccc3c(nnn3CC3CC3)c2Br)C1. The lowest BCUT2D eigenvalue weighted by atomic mass is 9.98. The molecular weight excluding hydrogens is 498 g/mol. The zero-order valence-corrected chi connectivity index (χ0v) is 19.7. The van der Waals surface area contributed by atoms with Gasteiger partial charge in [0.05, 0.1) is 20.9 Å². The summed E-state index contributed by atoms with van der Waals surface area (Å²) >= 11 is 9.84. The van der Waals surface area contributed by atoms with Crippen molar-refractivity contribution >= 4 is 44.5 Å². The maximum Gasteiger partial charge on any atom is 0.307 e. The van der Waals surface area contributed by atoms with Crippen molar-refractivity contribution in [3.05, 3.63) is 39.5 Å². The summed E-state index contributed by atoms with van der Waals surface area (Å²) in [5.74, 6) is 0.634. The Morgan fingerprint density at radius 1 is 1.31 bits per heavy atom. The molecule has 0 radical (unpaired) electrons. The molecule has 1 unspecified atom stereocenters. The van der Waals surface area contributed by atoms with Crippen LogP contribution < -0.4 is 4.74 Å². The molecule has 1 atom stereocenters. The highest BCUT2D eigenvalue weighted by atomic mass is 79.9. The number of carboxylic acids is 1. The number of aromatic nitrogens is 4. The maximum absolute atomic E-state index is 11.4. The lowest BCUT2D eigenvalue weighted by molar-refractivity contribution is -0.143. The molecule has 1 aliphatic carbocycles. The van der Waals surface area contributed by atoms with Crippen molar-refractivity contribution in [2.75, 3.05) is 13.1 Å². The van der Waals surface area contributed by atoms with Gasteiger partial charge >= 0.3 is 5.97 Å². The average Bonchev–Trinajstić information content (AvgIpc) is 3.50. The third-order valence-electron chi connectivity index (χ3n) is 6.07. The van der Waals surface area contributed by atoms with E-state index in [0.29, 0.717) is 42.1 Å². The first-order valence-electron chi connectivity index (χ1n) is 10.8. The molecule has 3 aromatic rings. The van der Waals surface area contributed by atoms with Crippen LogP contribution in [0.25, 0.3) is 11.0 Å². The largest absolute Gasteiger partial charge is 0.481 e. The number of nitrogens with zero attached hydrogens (tertiary/aromatic N) is 5. The molecule has 1 aromatic carbocycles. The summed E-state index contributed by atoms with van der Waals surface area (Å²) < 4.78 is 8.86. The Morgan fingerprint density at radius 2 is 2.16 bits per heavy atom. The second-order valence-corrected chi connectivity index (χ2v) is 9.82. The van der Waals surface area contributed by atoms with Gasteiger partial charge in [-0.25, -0.2) is 9.67 Å². The van der Waals surface area contributed by atoms with Gasteiger partial charge in [0.25, 0.3) is 0 Å². The fraction of sp³-hybridized carbons (Fsp3) is 0.455. The minimum absolute atomic E-state index is 0.352. The van der Waals surface area contributed by atoms with Crippen LogP contribution in [0.15, 0.2) is 28.9 Å². The van der Waals surface area contributed by atoms with Crippen LogP contribution in [0.5, 0.6) is 11.6 Å². The van der Waals surface area contributed by atoms with Crippen molar-refractivity contribution in [3.8, 4) is 11.6 Å². The number of carbonyl (C=O) groups is 1. The zero-order valence-electron chi connectivity index (χ0n) is 17.4. The lowest BCUT2D eigenvalue weighted by Gasteiger charge is -2.30. The Kier molecular flexibility index (Phi) is 6.05. The van der Waals surface area contributed by atoms with Gasteiger partial charge < -0.3 is 9.84 Å². The number of hydrogen-bond donors (Lipinski definition) is 1. The van der Waals surface area contributed by atoms with Crippen LogP contribution in [-0.2, 0) is 17.9 Å². The molecule has 0 spiro atoms. The molecule has 168 valence electrons. The fourth-order valence-corrected chi connectivity index (χ4v) is 4.84. The van der Waals surface area contributed by atoms with Crippen molar-refractivity contribution < 1.29 is 14.6 Å². The van der Waals surface area contributed by atoms with E-state index in [1.807, 2.05) is 22.9 Å². The van der Waals surface area contributed by atoms with Crippen LogP contribution in [0.2, 0.25) is 5.02 Å². The molecule has 1 saturated heterocycles. The molecule has 10 heteroatoms. The van der Waals surface area contributed by atoms with Crippen LogP contribution in [0.1, 0.15) is 31.2 Å². The number of benzene rings is 1. The highest BCUT2D eigenvalue weighted by molar-refractivity contribution is 9.10. The second-order valence-electron chi connectivity index (χ2n) is 8.59. The summed E-state index contributed by atoms with van der Waals surface area (Å²) in [5, 5.41) is 18.5. The van der Waals surface area contributed by atoms with E-state index in [9.17, 15) is 9.90 Å². The van der Waals surface area contributed by atoms with Gasteiger partial charge in [-0.05, 0) is 72.3 Å². The number of halogens is 2. The van der Waals surface area contributed by atoms with E-state index in [1.54, 1.807) is 6.20 Å².